The number of hydrogen-bond donors (Lipinski definition) is 1. The smallest absolute Gasteiger partial charge is 0.308 e. The summed E-state index contributed by atoms with van der Waals surface area (Å²) in [5.74, 6) is -1.38. The molecule has 25 heavy (non-hydrogen) atoms. The number of halogens is 1. The Hall–Kier alpha value is -2.40. The second-order valence-electron chi connectivity index (χ2n) is 6.56. The Kier molecular flexibility index (Phi) is 5.04. The van der Waals surface area contributed by atoms with Crippen molar-refractivity contribution < 1.29 is 14.7 Å². The average molecular weight is 359 g/mol. The number of carboxylic acid groups (broad SMARTS) is 1. The van der Waals surface area contributed by atoms with E-state index in [1.54, 1.807) is 29.3 Å². The van der Waals surface area contributed by atoms with E-state index in [1.807, 2.05) is 19.1 Å². The Bertz CT molecular complexity index is 792. The van der Waals surface area contributed by atoms with E-state index in [-0.39, 0.29) is 18.4 Å². The van der Waals surface area contributed by atoms with Gasteiger partial charge in [-0.25, -0.2) is 0 Å². The quantitative estimate of drug-likeness (QED) is 0.910. The van der Waals surface area contributed by atoms with Crippen molar-refractivity contribution in [3.05, 3.63) is 53.3 Å². The molecule has 0 spiro atoms. The third-order valence-electron chi connectivity index (χ3n) is 4.46. The van der Waals surface area contributed by atoms with Crippen LogP contribution in [0.4, 0.5) is 0 Å². The molecule has 1 aliphatic rings. The highest BCUT2D eigenvalue weighted by molar-refractivity contribution is 6.30. The fraction of sp³-hybridized carbons (Fsp3) is 0.316. The van der Waals surface area contributed by atoms with E-state index in [4.69, 9.17) is 11.6 Å². The third kappa shape index (κ3) is 3.99. The van der Waals surface area contributed by atoms with Gasteiger partial charge in [-0.3, -0.25) is 14.6 Å². The number of pyridine rings is 1. The van der Waals surface area contributed by atoms with Gasteiger partial charge >= 0.3 is 5.97 Å². The molecule has 1 aliphatic heterocycles. The average Bonchev–Trinajstić information content (AvgIpc) is 2.61. The summed E-state index contributed by atoms with van der Waals surface area (Å²) < 4.78 is 0. The lowest BCUT2D eigenvalue weighted by Gasteiger charge is -2.34. The minimum Gasteiger partial charge on any atom is -0.481 e. The van der Waals surface area contributed by atoms with Crippen LogP contribution >= 0.6 is 11.6 Å². The first-order valence-corrected chi connectivity index (χ1v) is 8.55. The number of rotatable bonds is 3. The molecule has 1 aromatic heterocycles. The van der Waals surface area contributed by atoms with Crippen molar-refractivity contribution in [3.8, 4) is 11.1 Å². The number of carboxylic acids is 1. The van der Waals surface area contributed by atoms with Crippen molar-refractivity contribution >= 4 is 23.5 Å². The molecule has 1 fully saturated rings. The lowest BCUT2D eigenvalue weighted by molar-refractivity contribution is -0.143. The normalized spacial score (nSPS) is 20.3. The summed E-state index contributed by atoms with van der Waals surface area (Å²) in [5, 5.41) is 9.92. The molecule has 5 nitrogen and oxygen atoms in total. The van der Waals surface area contributed by atoms with Crippen LogP contribution in [0.1, 0.15) is 23.7 Å². The van der Waals surface area contributed by atoms with E-state index in [1.165, 1.54) is 6.20 Å². The molecule has 2 atom stereocenters. The van der Waals surface area contributed by atoms with E-state index in [0.29, 0.717) is 23.6 Å². The molecule has 0 radical (unpaired) electrons. The Morgan fingerprint density at radius 2 is 1.88 bits per heavy atom. The molecule has 1 aromatic carbocycles. The zero-order valence-corrected chi connectivity index (χ0v) is 14.6. The number of aromatic nitrogens is 1. The van der Waals surface area contributed by atoms with Crippen LogP contribution in [0.3, 0.4) is 0 Å². The van der Waals surface area contributed by atoms with Crippen molar-refractivity contribution in [1.82, 2.24) is 9.88 Å². The van der Waals surface area contributed by atoms with Gasteiger partial charge in [-0.05, 0) is 36.1 Å². The summed E-state index contributed by atoms with van der Waals surface area (Å²) in [7, 11) is 0. The van der Waals surface area contributed by atoms with Gasteiger partial charge in [0.15, 0.2) is 0 Å². The molecule has 2 unspecified atom stereocenters. The fourth-order valence-corrected chi connectivity index (χ4v) is 3.36. The summed E-state index contributed by atoms with van der Waals surface area (Å²) in [6.07, 6.45) is 3.82. The van der Waals surface area contributed by atoms with Gasteiger partial charge in [0.25, 0.3) is 5.91 Å². The predicted molar refractivity (Wildman–Crippen MR) is 95.5 cm³/mol. The number of carbonyl (C=O) groups excluding carboxylic acids is 1. The maximum atomic E-state index is 12.8. The highest BCUT2D eigenvalue weighted by Crippen LogP contribution is 2.25. The molecule has 0 aliphatic carbocycles. The second kappa shape index (κ2) is 7.23. The topological polar surface area (TPSA) is 70.5 Å². The van der Waals surface area contributed by atoms with E-state index in [2.05, 4.69) is 4.98 Å². The number of amides is 1. The summed E-state index contributed by atoms with van der Waals surface area (Å²) >= 11 is 5.91. The zero-order chi connectivity index (χ0) is 18.0. The highest BCUT2D eigenvalue weighted by Gasteiger charge is 2.32. The number of hydrogen-bond acceptors (Lipinski definition) is 3. The minimum absolute atomic E-state index is 0.159. The summed E-state index contributed by atoms with van der Waals surface area (Å²) in [4.78, 5) is 29.9. The van der Waals surface area contributed by atoms with Gasteiger partial charge in [0.1, 0.15) is 0 Å². The van der Waals surface area contributed by atoms with Crippen LogP contribution in [0.5, 0.6) is 0 Å². The molecular formula is C19H19ClN2O3. The second-order valence-corrected chi connectivity index (χ2v) is 6.99. The van der Waals surface area contributed by atoms with Crippen LogP contribution in [0.15, 0.2) is 42.7 Å². The first-order chi connectivity index (χ1) is 11.9. The molecule has 6 heteroatoms. The summed E-state index contributed by atoms with van der Waals surface area (Å²) in [5.41, 5.74) is 2.20. The van der Waals surface area contributed by atoms with Crippen LogP contribution in [-0.4, -0.2) is 40.0 Å². The lowest BCUT2D eigenvalue weighted by atomic mass is 9.90. The van der Waals surface area contributed by atoms with Crippen LogP contribution in [0, 0.1) is 11.8 Å². The monoisotopic (exact) mass is 358 g/mol. The van der Waals surface area contributed by atoms with Crippen molar-refractivity contribution in [2.24, 2.45) is 11.8 Å². The largest absolute Gasteiger partial charge is 0.481 e. The molecule has 1 N–H and O–H groups in total. The van der Waals surface area contributed by atoms with Gasteiger partial charge in [0.2, 0.25) is 0 Å². The number of likely N-dealkylation sites (tertiary alicyclic amines) is 1. The number of nitrogens with zero attached hydrogens (tertiary/aromatic N) is 2. The van der Waals surface area contributed by atoms with Crippen LogP contribution in [0.25, 0.3) is 11.1 Å². The fourth-order valence-electron chi connectivity index (χ4n) is 3.24. The Morgan fingerprint density at radius 1 is 1.16 bits per heavy atom. The van der Waals surface area contributed by atoms with Crippen LogP contribution in [-0.2, 0) is 4.79 Å². The number of carbonyl (C=O) groups is 2. The number of aliphatic carboxylic acids is 1. The third-order valence-corrected chi connectivity index (χ3v) is 4.71. The molecule has 1 amide bonds. The number of benzene rings is 1. The zero-order valence-electron chi connectivity index (χ0n) is 13.9. The predicted octanol–water partition coefficient (Wildman–Crippen LogP) is 3.58. The first-order valence-electron chi connectivity index (χ1n) is 8.17. The SMILES string of the molecule is CC1CC(C(=O)O)CN(C(=O)c2cncc(-c3ccc(Cl)cc3)c2)C1. The molecule has 3 rings (SSSR count). The van der Waals surface area contributed by atoms with Gasteiger partial charge in [-0.1, -0.05) is 30.7 Å². The van der Waals surface area contributed by atoms with Gasteiger partial charge in [0, 0.05) is 36.1 Å². The molecular weight excluding hydrogens is 340 g/mol. The summed E-state index contributed by atoms with van der Waals surface area (Å²) in [6.45, 7) is 2.77. The van der Waals surface area contributed by atoms with Crippen molar-refractivity contribution in [1.29, 1.82) is 0 Å². The first kappa shape index (κ1) is 17.4. The molecule has 2 heterocycles. The molecule has 0 saturated carbocycles. The minimum atomic E-state index is -0.850. The lowest BCUT2D eigenvalue weighted by Crippen LogP contribution is -2.45. The van der Waals surface area contributed by atoms with E-state index >= 15 is 0 Å². The van der Waals surface area contributed by atoms with Crippen molar-refractivity contribution in [3.63, 3.8) is 0 Å². The van der Waals surface area contributed by atoms with Gasteiger partial charge in [-0.15, -0.1) is 0 Å². The maximum absolute atomic E-state index is 12.8. The van der Waals surface area contributed by atoms with Crippen molar-refractivity contribution in [2.45, 2.75) is 13.3 Å². The summed E-state index contributed by atoms with van der Waals surface area (Å²) in [6, 6.07) is 9.10. The number of piperidine rings is 1. The maximum Gasteiger partial charge on any atom is 0.308 e. The van der Waals surface area contributed by atoms with Gasteiger partial charge < -0.3 is 10.0 Å². The Labute approximate surface area is 151 Å². The Balaban J connectivity index is 1.83. The van der Waals surface area contributed by atoms with E-state index < -0.39 is 11.9 Å². The van der Waals surface area contributed by atoms with Crippen LogP contribution in [0.2, 0.25) is 5.02 Å². The Morgan fingerprint density at radius 3 is 2.56 bits per heavy atom. The highest BCUT2D eigenvalue weighted by atomic mass is 35.5. The molecule has 0 bridgehead atoms. The van der Waals surface area contributed by atoms with Crippen molar-refractivity contribution in [2.75, 3.05) is 13.1 Å². The molecule has 1 saturated heterocycles. The molecule has 2 aromatic rings. The van der Waals surface area contributed by atoms with Gasteiger partial charge in [-0.2, -0.15) is 0 Å². The van der Waals surface area contributed by atoms with Gasteiger partial charge in [0.05, 0.1) is 11.5 Å². The van der Waals surface area contributed by atoms with E-state index in [0.717, 1.165) is 11.1 Å². The van der Waals surface area contributed by atoms with Crippen LogP contribution < -0.4 is 0 Å². The van der Waals surface area contributed by atoms with E-state index in [9.17, 15) is 14.7 Å². The molecule has 130 valence electrons. The standard InChI is InChI=1S/C19H19ClN2O3/c1-12-6-16(19(24)25)11-22(10-12)18(23)15-7-14(8-21-9-15)13-2-4-17(20)5-3-13/h2-5,7-9,12,16H,6,10-11H2,1H3,(H,24,25).